The lowest BCUT2D eigenvalue weighted by atomic mass is 10.0. The SMILES string of the molecule is COc1ccc(S(=O)(=O)Cl)cc1C(=O)N1CCCC1(C)C. The van der Waals surface area contributed by atoms with Crippen LogP contribution in [-0.2, 0) is 9.05 Å². The minimum absolute atomic E-state index is 0.106. The predicted octanol–water partition coefficient (Wildman–Crippen LogP) is 2.64. The van der Waals surface area contributed by atoms with Gasteiger partial charge in [-0.05, 0) is 44.9 Å². The molecule has 0 bridgehead atoms. The molecule has 1 amide bonds. The fourth-order valence-electron chi connectivity index (χ4n) is 2.64. The van der Waals surface area contributed by atoms with Crippen molar-refractivity contribution in [2.75, 3.05) is 13.7 Å². The Balaban J connectivity index is 2.49. The summed E-state index contributed by atoms with van der Waals surface area (Å²) in [5, 5.41) is 0. The first-order valence-corrected chi connectivity index (χ1v) is 8.92. The van der Waals surface area contributed by atoms with Crippen molar-refractivity contribution in [2.24, 2.45) is 0 Å². The van der Waals surface area contributed by atoms with Gasteiger partial charge in [0.15, 0.2) is 0 Å². The number of carbonyl (C=O) groups excluding carboxylic acids is 1. The highest BCUT2D eigenvalue weighted by Gasteiger charge is 2.37. The number of likely N-dealkylation sites (tertiary alicyclic amines) is 1. The topological polar surface area (TPSA) is 63.7 Å². The lowest BCUT2D eigenvalue weighted by molar-refractivity contribution is 0.0648. The second-order valence-electron chi connectivity index (χ2n) is 5.67. The Labute approximate surface area is 129 Å². The number of rotatable bonds is 3. The van der Waals surface area contributed by atoms with E-state index in [1.807, 2.05) is 13.8 Å². The maximum Gasteiger partial charge on any atom is 0.261 e. The molecular formula is C14H18ClNO4S. The van der Waals surface area contributed by atoms with Crippen LogP contribution in [0.25, 0.3) is 0 Å². The molecule has 0 N–H and O–H groups in total. The van der Waals surface area contributed by atoms with Gasteiger partial charge < -0.3 is 9.64 Å². The third kappa shape index (κ3) is 3.16. The summed E-state index contributed by atoms with van der Waals surface area (Å²) in [6.45, 7) is 4.63. The van der Waals surface area contributed by atoms with Crippen LogP contribution in [0.1, 0.15) is 37.0 Å². The number of benzene rings is 1. The zero-order valence-electron chi connectivity index (χ0n) is 12.2. The Morgan fingerprint density at radius 3 is 2.52 bits per heavy atom. The van der Waals surface area contributed by atoms with Gasteiger partial charge in [-0.2, -0.15) is 0 Å². The van der Waals surface area contributed by atoms with E-state index in [9.17, 15) is 13.2 Å². The van der Waals surface area contributed by atoms with Crippen LogP contribution < -0.4 is 4.74 Å². The summed E-state index contributed by atoms with van der Waals surface area (Å²) in [6.07, 6.45) is 1.84. The molecule has 1 fully saturated rings. The number of ether oxygens (including phenoxy) is 1. The van der Waals surface area contributed by atoms with E-state index in [0.717, 1.165) is 12.8 Å². The van der Waals surface area contributed by atoms with Gasteiger partial charge in [0.05, 0.1) is 17.6 Å². The molecule has 1 aromatic rings. The Bertz CT molecular complexity index is 670. The minimum Gasteiger partial charge on any atom is -0.496 e. The summed E-state index contributed by atoms with van der Waals surface area (Å²) in [6, 6.07) is 4.05. The fourth-order valence-corrected chi connectivity index (χ4v) is 3.41. The lowest BCUT2D eigenvalue weighted by Crippen LogP contribution is -2.42. The van der Waals surface area contributed by atoms with Gasteiger partial charge in [0.1, 0.15) is 5.75 Å². The van der Waals surface area contributed by atoms with Crippen molar-refractivity contribution in [2.45, 2.75) is 37.1 Å². The van der Waals surface area contributed by atoms with Gasteiger partial charge in [-0.25, -0.2) is 8.42 Å². The molecule has 0 unspecified atom stereocenters. The summed E-state index contributed by atoms with van der Waals surface area (Å²) in [5.41, 5.74) is -0.0352. The van der Waals surface area contributed by atoms with Gasteiger partial charge in [0, 0.05) is 22.8 Å². The summed E-state index contributed by atoms with van der Waals surface area (Å²) in [7, 11) is 2.90. The molecule has 2 rings (SSSR count). The molecule has 21 heavy (non-hydrogen) atoms. The van der Waals surface area contributed by atoms with Gasteiger partial charge in [-0.15, -0.1) is 0 Å². The van der Waals surface area contributed by atoms with Crippen LogP contribution in [0.5, 0.6) is 5.75 Å². The maximum atomic E-state index is 12.7. The number of hydrogen-bond acceptors (Lipinski definition) is 4. The highest BCUT2D eigenvalue weighted by molar-refractivity contribution is 8.13. The summed E-state index contributed by atoms with van der Waals surface area (Å²) in [4.78, 5) is 14.4. The van der Waals surface area contributed by atoms with E-state index in [0.29, 0.717) is 12.3 Å². The van der Waals surface area contributed by atoms with Crippen LogP contribution in [0.3, 0.4) is 0 Å². The highest BCUT2D eigenvalue weighted by atomic mass is 35.7. The van der Waals surface area contributed by atoms with E-state index in [4.69, 9.17) is 15.4 Å². The van der Waals surface area contributed by atoms with E-state index < -0.39 is 9.05 Å². The molecule has 0 spiro atoms. The van der Waals surface area contributed by atoms with E-state index in [1.165, 1.54) is 25.3 Å². The minimum atomic E-state index is -3.89. The van der Waals surface area contributed by atoms with E-state index in [2.05, 4.69) is 0 Å². The molecule has 1 aliphatic heterocycles. The number of hydrogen-bond donors (Lipinski definition) is 0. The largest absolute Gasteiger partial charge is 0.496 e. The zero-order chi connectivity index (χ0) is 15.8. The summed E-state index contributed by atoms with van der Waals surface area (Å²) < 4.78 is 28.1. The van der Waals surface area contributed by atoms with E-state index >= 15 is 0 Å². The Morgan fingerprint density at radius 2 is 2.05 bits per heavy atom. The second-order valence-corrected chi connectivity index (χ2v) is 8.24. The van der Waals surface area contributed by atoms with Crippen molar-refractivity contribution in [3.63, 3.8) is 0 Å². The Morgan fingerprint density at radius 1 is 1.38 bits per heavy atom. The number of nitrogens with zero attached hydrogens (tertiary/aromatic N) is 1. The molecule has 1 saturated heterocycles. The van der Waals surface area contributed by atoms with Crippen LogP contribution >= 0.6 is 10.7 Å². The van der Waals surface area contributed by atoms with E-state index in [1.54, 1.807) is 4.90 Å². The van der Waals surface area contributed by atoms with E-state index in [-0.39, 0.29) is 21.9 Å². The average molecular weight is 332 g/mol. The van der Waals surface area contributed by atoms with Crippen molar-refractivity contribution in [1.29, 1.82) is 0 Å². The number of methoxy groups -OCH3 is 1. The van der Waals surface area contributed by atoms with Crippen molar-refractivity contribution < 1.29 is 17.9 Å². The number of carbonyl (C=O) groups is 1. The van der Waals surface area contributed by atoms with Gasteiger partial charge in [0.25, 0.3) is 15.0 Å². The molecule has 0 aliphatic carbocycles. The monoisotopic (exact) mass is 331 g/mol. The molecule has 0 radical (unpaired) electrons. The third-order valence-electron chi connectivity index (χ3n) is 3.83. The van der Waals surface area contributed by atoms with Crippen LogP contribution in [0.2, 0.25) is 0 Å². The molecule has 1 heterocycles. The van der Waals surface area contributed by atoms with Crippen LogP contribution in [0.4, 0.5) is 0 Å². The lowest BCUT2D eigenvalue weighted by Gasteiger charge is -2.32. The van der Waals surface area contributed by atoms with Crippen molar-refractivity contribution in [3.05, 3.63) is 23.8 Å². The van der Waals surface area contributed by atoms with Crippen LogP contribution in [0.15, 0.2) is 23.1 Å². The standard InChI is InChI=1S/C14H18ClNO4S/c1-14(2)7-4-8-16(14)13(17)11-9-10(21(15,18)19)5-6-12(11)20-3/h5-6,9H,4,7-8H2,1-3H3. The maximum absolute atomic E-state index is 12.7. The molecular weight excluding hydrogens is 314 g/mol. The van der Waals surface area contributed by atoms with Crippen molar-refractivity contribution in [3.8, 4) is 5.75 Å². The summed E-state index contributed by atoms with van der Waals surface area (Å²) >= 11 is 0. The summed E-state index contributed by atoms with van der Waals surface area (Å²) in [5.74, 6) is 0.100. The molecule has 1 aromatic carbocycles. The highest BCUT2D eigenvalue weighted by Crippen LogP contribution is 2.33. The first-order valence-electron chi connectivity index (χ1n) is 6.61. The molecule has 0 aromatic heterocycles. The first-order chi connectivity index (χ1) is 9.66. The zero-order valence-corrected chi connectivity index (χ0v) is 13.8. The van der Waals surface area contributed by atoms with Gasteiger partial charge in [-0.1, -0.05) is 0 Å². The fraction of sp³-hybridized carbons (Fsp3) is 0.500. The smallest absolute Gasteiger partial charge is 0.261 e. The Kier molecular flexibility index (Phi) is 4.22. The third-order valence-corrected chi connectivity index (χ3v) is 5.18. The molecule has 0 saturated carbocycles. The van der Waals surface area contributed by atoms with Gasteiger partial charge >= 0.3 is 0 Å². The normalized spacial score (nSPS) is 17.8. The van der Waals surface area contributed by atoms with Crippen LogP contribution in [0, 0.1) is 0 Å². The van der Waals surface area contributed by atoms with Crippen LogP contribution in [-0.4, -0.2) is 38.4 Å². The molecule has 5 nitrogen and oxygen atoms in total. The Hall–Kier alpha value is -1.27. The molecule has 7 heteroatoms. The quantitative estimate of drug-likeness (QED) is 0.799. The first kappa shape index (κ1) is 16.1. The second kappa shape index (κ2) is 5.50. The molecule has 0 atom stereocenters. The van der Waals surface area contributed by atoms with Gasteiger partial charge in [0.2, 0.25) is 0 Å². The number of amides is 1. The van der Waals surface area contributed by atoms with Crippen molar-refractivity contribution >= 4 is 25.6 Å². The number of halogens is 1. The van der Waals surface area contributed by atoms with Crippen molar-refractivity contribution in [1.82, 2.24) is 4.90 Å². The van der Waals surface area contributed by atoms with Gasteiger partial charge in [-0.3, -0.25) is 4.79 Å². The molecule has 1 aliphatic rings. The predicted molar refractivity (Wildman–Crippen MR) is 80.4 cm³/mol. The molecule has 116 valence electrons. The average Bonchev–Trinajstić information content (AvgIpc) is 2.75.